The molecule has 1 saturated carbocycles. The van der Waals surface area contributed by atoms with Crippen LogP contribution in [-0.2, 0) is 27.8 Å². The molecular weight excluding hydrogens is 430 g/mol. The smallest absolute Gasteiger partial charge is 0.408 e. The van der Waals surface area contributed by atoms with Gasteiger partial charge in [0.1, 0.15) is 6.54 Å². The summed E-state index contributed by atoms with van der Waals surface area (Å²) in [5.74, 6) is -1.02. The summed E-state index contributed by atoms with van der Waals surface area (Å²) in [7, 11) is -3.70. The Morgan fingerprint density at radius 3 is 2.56 bits per heavy atom. The third kappa shape index (κ3) is 5.11. The second-order valence-electron chi connectivity index (χ2n) is 8.27. The number of fused-ring (bicyclic) bond motifs is 1. The molecule has 1 amide bonds. The molecule has 1 heterocycles. The Kier molecular flexibility index (Phi) is 6.48. The number of hydrogen-bond donors (Lipinski definition) is 2. The fourth-order valence-electron chi connectivity index (χ4n) is 4.00. The maximum Gasteiger partial charge on any atom is 0.420 e. The SMILES string of the molecule is Cc1ccc(CCNC(=O)Cn2c(=O)oc3cc(S(=O)(=O)NC4CCCC4)ccc32)cc1. The number of carbonyl (C=O) groups is 1. The van der Waals surface area contributed by atoms with Gasteiger partial charge in [0.25, 0.3) is 0 Å². The zero-order chi connectivity index (χ0) is 22.7. The van der Waals surface area contributed by atoms with Crippen LogP contribution in [0.25, 0.3) is 11.1 Å². The van der Waals surface area contributed by atoms with Gasteiger partial charge in [-0.1, -0.05) is 42.7 Å². The third-order valence-electron chi connectivity index (χ3n) is 5.79. The first-order valence-corrected chi connectivity index (χ1v) is 12.3. The van der Waals surface area contributed by atoms with E-state index >= 15 is 0 Å². The molecule has 170 valence electrons. The Morgan fingerprint density at radius 2 is 1.84 bits per heavy atom. The third-order valence-corrected chi connectivity index (χ3v) is 7.30. The molecule has 32 heavy (non-hydrogen) atoms. The van der Waals surface area contributed by atoms with Crippen LogP contribution in [0.15, 0.2) is 56.6 Å². The van der Waals surface area contributed by atoms with Crippen LogP contribution < -0.4 is 15.8 Å². The predicted molar refractivity (Wildman–Crippen MR) is 121 cm³/mol. The first-order chi connectivity index (χ1) is 15.3. The maximum atomic E-state index is 12.7. The van der Waals surface area contributed by atoms with Gasteiger partial charge in [0.2, 0.25) is 15.9 Å². The lowest BCUT2D eigenvalue weighted by Gasteiger charge is -2.12. The lowest BCUT2D eigenvalue weighted by atomic mass is 10.1. The molecule has 1 aromatic heterocycles. The van der Waals surface area contributed by atoms with Crippen molar-refractivity contribution in [1.82, 2.24) is 14.6 Å². The number of nitrogens with one attached hydrogen (secondary N) is 2. The van der Waals surface area contributed by atoms with Gasteiger partial charge in [0.05, 0.1) is 10.4 Å². The minimum absolute atomic E-state index is 0.0420. The summed E-state index contributed by atoms with van der Waals surface area (Å²) in [5, 5.41) is 2.81. The minimum Gasteiger partial charge on any atom is -0.408 e. The summed E-state index contributed by atoms with van der Waals surface area (Å²) < 4.78 is 34.4. The van der Waals surface area contributed by atoms with Crippen LogP contribution in [0.3, 0.4) is 0 Å². The van der Waals surface area contributed by atoms with Gasteiger partial charge in [0, 0.05) is 18.7 Å². The summed E-state index contributed by atoms with van der Waals surface area (Å²) in [5.41, 5.74) is 2.80. The average Bonchev–Trinajstić information content (AvgIpc) is 3.36. The van der Waals surface area contributed by atoms with E-state index in [9.17, 15) is 18.0 Å². The molecule has 0 bridgehead atoms. The van der Waals surface area contributed by atoms with Gasteiger partial charge in [-0.3, -0.25) is 9.36 Å². The number of sulfonamides is 1. The number of aryl methyl sites for hydroxylation is 1. The van der Waals surface area contributed by atoms with E-state index in [-0.39, 0.29) is 29.0 Å². The normalized spacial score (nSPS) is 14.8. The number of hydrogen-bond acceptors (Lipinski definition) is 5. The number of oxazole rings is 1. The molecule has 1 aliphatic rings. The minimum atomic E-state index is -3.70. The summed E-state index contributed by atoms with van der Waals surface area (Å²) in [6.45, 7) is 2.26. The molecule has 0 atom stereocenters. The number of nitrogens with zero attached hydrogens (tertiary/aromatic N) is 1. The van der Waals surface area contributed by atoms with E-state index in [0.717, 1.165) is 31.2 Å². The monoisotopic (exact) mass is 457 g/mol. The number of aromatic nitrogens is 1. The Hall–Kier alpha value is -2.91. The highest BCUT2D eigenvalue weighted by Crippen LogP contribution is 2.22. The highest BCUT2D eigenvalue weighted by Gasteiger charge is 2.24. The zero-order valence-electron chi connectivity index (χ0n) is 18.0. The van der Waals surface area contributed by atoms with Crippen LogP contribution in [0.1, 0.15) is 36.8 Å². The van der Waals surface area contributed by atoms with Gasteiger partial charge < -0.3 is 9.73 Å². The fourth-order valence-corrected chi connectivity index (χ4v) is 5.32. The van der Waals surface area contributed by atoms with E-state index < -0.39 is 15.8 Å². The first-order valence-electron chi connectivity index (χ1n) is 10.8. The molecule has 1 fully saturated rings. The molecule has 9 heteroatoms. The van der Waals surface area contributed by atoms with Gasteiger partial charge in [-0.15, -0.1) is 0 Å². The summed E-state index contributed by atoms with van der Waals surface area (Å²) >= 11 is 0. The molecule has 0 saturated heterocycles. The number of benzene rings is 2. The number of rotatable bonds is 8. The van der Waals surface area contributed by atoms with Crippen molar-refractivity contribution >= 4 is 27.0 Å². The molecule has 3 aromatic rings. The lowest BCUT2D eigenvalue weighted by Crippen LogP contribution is -2.32. The summed E-state index contributed by atoms with van der Waals surface area (Å²) in [6.07, 6.45) is 4.36. The van der Waals surface area contributed by atoms with Gasteiger partial charge >= 0.3 is 5.76 Å². The van der Waals surface area contributed by atoms with Gasteiger partial charge in [-0.2, -0.15) is 0 Å². The molecule has 0 aliphatic heterocycles. The standard InChI is InChI=1S/C23H27N3O5S/c1-16-6-8-17(9-7-16)12-13-24-22(27)15-26-20-11-10-19(14-21(20)31-23(26)28)32(29,30)25-18-4-2-3-5-18/h6-11,14,18,25H,2-5,12-13,15H2,1H3,(H,24,27). The van der Waals surface area contributed by atoms with Crippen LogP contribution in [0.5, 0.6) is 0 Å². The van der Waals surface area contributed by atoms with Crippen LogP contribution in [0.4, 0.5) is 0 Å². The molecule has 0 radical (unpaired) electrons. The van der Waals surface area contributed by atoms with E-state index in [1.807, 2.05) is 31.2 Å². The van der Waals surface area contributed by atoms with Crippen molar-refractivity contribution < 1.29 is 17.6 Å². The van der Waals surface area contributed by atoms with Crippen molar-refractivity contribution in [3.05, 3.63) is 64.1 Å². The Labute approximate surface area is 186 Å². The predicted octanol–water partition coefficient (Wildman–Crippen LogP) is 2.48. The van der Waals surface area contributed by atoms with Gasteiger partial charge in [-0.05, 0) is 43.9 Å². The van der Waals surface area contributed by atoms with Gasteiger partial charge in [-0.25, -0.2) is 17.9 Å². The molecule has 0 spiro atoms. The second kappa shape index (κ2) is 9.30. The summed E-state index contributed by atoms with van der Waals surface area (Å²) in [4.78, 5) is 24.7. The van der Waals surface area contributed by atoms with Crippen molar-refractivity contribution in [2.24, 2.45) is 0 Å². The van der Waals surface area contributed by atoms with Crippen molar-refractivity contribution in [2.45, 2.75) is 56.5 Å². The summed E-state index contributed by atoms with van der Waals surface area (Å²) in [6, 6.07) is 12.3. The lowest BCUT2D eigenvalue weighted by molar-refractivity contribution is -0.121. The Bertz CT molecular complexity index is 1270. The zero-order valence-corrected chi connectivity index (χ0v) is 18.8. The van der Waals surface area contributed by atoms with E-state index in [4.69, 9.17) is 4.42 Å². The molecule has 2 aromatic carbocycles. The molecule has 8 nitrogen and oxygen atoms in total. The largest absolute Gasteiger partial charge is 0.420 e. The van der Waals surface area contributed by atoms with Gasteiger partial charge in [0.15, 0.2) is 5.58 Å². The fraction of sp³-hybridized carbons (Fsp3) is 0.391. The molecule has 4 rings (SSSR count). The maximum absolute atomic E-state index is 12.7. The Morgan fingerprint density at radius 1 is 1.12 bits per heavy atom. The topological polar surface area (TPSA) is 110 Å². The van der Waals surface area contributed by atoms with Crippen molar-refractivity contribution in [1.29, 1.82) is 0 Å². The quantitative estimate of drug-likeness (QED) is 0.540. The van der Waals surface area contributed by atoms with Crippen LogP contribution in [-0.4, -0.2) is 31.5 Å². The highest BCUT2D eigenvalue weighted by molar-refractivity contribution is 7.89. The van der Waals surface area contributed by atoms with Crippen LogP contribution in [0, 0.1) is 6.92 Å². The molecular formula is C23H27N3O5S. The second-order valence-corrected chi connectivity index (χ2v) is 9.99. The van der Waals surface area contributed by atoms with Crippen LogP contribution in [0.2, 0.25) is 0 Å². The van der Waals surface area contributed by atoms with Crippen molar-refractivity contribution in [3.63, 3.8) is 0 Å². The van der Waals surface area contributed by atoms with Crippen molar-refractivity contribution in [2.75, 3.05) is 6.54 Å². The number of carbonyl (C=O) groups excluding carboxylic acids is 1. The van der Waals surface area contributed by atoms with E-state index in [2.05, 4.69) is 10.0 Å². The van der Waals surface area contributed by atoms with E-state index in [1.165, 1.54) is 28.3 Å². The number of amides is 1. The Balaban J connectivity index is 1.42. The highest BCUT2D eigenvalue weighted by atomic mass is 32.2. The van der Waals surface area contributed by atoms with Crippen molar-refractivity contribution in [3.8, 4) is 0 Å². The first kappa shape index (κ1) is 22.3. The van der Waals surface area contributed by atoms with Crippen LogP contribution >= 0.6 is 0 Å². The van der Waals surface area contributed by atoms with E-state index in [1.54, 1.807) is 0 Å². The average molecular weight is 458 g/mol. The molecule has 2 N–H and O–H groups in total. The molecule has 1 aliphatic carbocycles. The van der Waals surface area contributed by atoms with E-state index in [0.29, 0.717) is 18.5 Å². The molecule has 0 unspecified atom stereocenters.